The van der Waals surface area contributed by atoms with Crippen molar-refractivity contribution in [1.29, 1.82) is 0 Å². The normalized spacial score (nSPS) is 16.0. The van der Waals surface area contributed by atoms with Gasteiger partial charge in [-0.15, -0.1) is 0 Å². The molecule has 7 heteroatoms. The topological polar surface area (TPSA) is 47.4 Å². The lowest BCUT2D eigenvalue weighted by atomic mass is 10.1. The molecule has 4 rings (SSSR count). The van der Waals surface area contributed by atoms with Crippen molar-refractivity contribution in [2.75, 3.05) is 26.3 Å². The van der Waals surface area contributed by atoms with Gasteiger partial charge in [0.1, 0.15) is 0 Å². The van der Waals surface area contributed by atoms with Crippen LogP contribution in [0.1, 0.15) is 36.2 Å². The van der Waals surface area contributed by atoms with E-state index in [0.29, 0.717) is 18.6 Å². The fraction of sp³-hybridized carbons (Fsp3) is 0.417. The molecule has 2 aromatic carbocycles. The molecule has 0 spiro atoms. The molecule has 31 heavy (non-hydrogen) atoms. The first-order valence-corrected chi connectivity index (χ1v) is 12.5. The summed E-state index contributed by atoms with van der Waals surface area (Å²) >= 11 is 5.15. The van der Waals surface area contributed by atoms with E-state index in [1.165, 1.54) is 16.7 Å². The van der Waals surface area contributed by atoms with Crippen LogP contribution in [0.3, 0.4) is 0 Å². The number of morpholine rings is 1. The Morgan fingerprint density at radius 3 is 2.52 bits per heavy atom. The highest BCUT2D eigenvalue weighted by Crippen LogP contribution is 2.29. The number of hydrogen-bond acceptors (Lipinski definition) is 5. The highest BCUT2D eigenvalue weighted by molar-refractivity contribution is 9.10. The molecule has 0 aliphatic carbocycles. The highest BCUT2D eigenvalue weighted by Gasteiger charge is 2.25. The molecule has 1 aliphatic heterocycles. The molecule has 1 unspecified atom stereocenters. The van der Waals surface area contributed by atoms with Crippen molar-refractivity contribution >= 4 is 38.6 Å². The second kappa shape index (κ2) is 9.86. The summed E-state index contributed by atoms with van der Waals surface area (Å²) in [5, 5.41) is 1.43. The monoisotopic (exact) mass is 501 g/mol. The minimum Gasteiger partial charge on any atom is -0.379 e. The minimum absolute atomic E-state index is 0.0209. The van der Waals surface area contributed by atoms with Gasteiger partial charge in [0.2, 0.25) is 0 Å². The molecule has 1 aromatic heterocycles. The first kappa shape index (κ1) is 22.5. The Labute approximate surface area is 195 Å². The Balaban J connectivity index is 1.78. The molecule has 5 nitrogen and oxygen atoms in total. The number of rotatable bonds is 6. The molecular weight excluding hydrogens is 474 g/mol. The molecule has 1 saturated heterocycles. The minimum atomic E-state index is -0.0333. The summed E-state index contributed by atoms with van der Waals surface area (Å²) in [5.74, 6) is 0.774. The number of halogens is 1. The van der Waals surface area contributed by atoms with Gasteiger partial charge in [0.05, 0.1) is 30.3 Å². The Bertz CT molecular complexity index is 1120. The standard InChI is InChI=1S/C24H28BrN3O2S/c1-4-22(27-7-9-30-10-8-27)28-23(29)20-14-19(25)5-6-21(20)26-24(28)31-15-18-12-16(2)11-17(3)13-18/h5-6,11-14,22H,4,7-10,15H2,1-3H3. The van der Waals surface area contributed by atoms with E-state index >= 15 is 0 Å². The molecule has 1 aliphatic rings. The largest absolute Gasteiger partial charge is 0.379 e. The van der Waals surface area contributed by atoms with Gasteiger partial charge in [-0.3, -0.25) is 14.3 Å². The smallest absolute Gasteiger partial charge is 0.263 e. The Morgan fingerprint density at radius 1 is 1.13 bits per heavy atom. The first-order valence-electron chi connectivity index (χ1n) is 10.7. The Kier molecular flexibility index (Phi) is 7.16. The quantitative estimate of drug-likeness (QED) is 0.338. The molecule has 0 bridgehead atoms. The predicted molar refractivity (Wildman–Crippen MR) is 131 cm³/mol. The fourth-order valence-corrected chi connectivity index (χ4v) is 5.63. The third kappa shape index (κ3) is 5.06. The van der Waals surface area contributed by atoms with Crippen LogP contribution in [0.2, 0.25) is 0 Å². The van der Waals surface area contributed by atoms with Crippen LogP contribution >= 0.6 is 27.7 Å². The first-order chi connectivity index (χ1) is 15.0. The molecule has 3 aromatic rings. The van der Waals surface area contributed by atoms with Crippen LogP contribution in [0.5, 0.6) is 0 Å². The summed E-state index contributed by atoms with van der Waals surface area (Å²) < 4.78 is 8.35. The van der Waals surface area contributed by atoms with E-state index in [1.54, 1.807) is 11.8 Å². The van der Waals surface area contributed by atoms with Crippen LogP contribution in [-0.4, -0.2) is 40.8 Å². The van der Waals surface area contributed by atoms with Crippen molar-refractivity contribution in [2.45, 2.75) is 44.3 Å². The van der Waals surface area contributed by atoms with Crippen molar-refractivity contribution in [1.82, 2.24) is 14.5 Å². The average molecular weight is 502 g/mol. The zero-order valence-corrected chi connectivity index (χ0v) is 20.6. The van der Waals surface area contributed by atoms with Gasteiger partial charge in [0, 0.05) is 23.3 Å². The molecule has 1 atom stereocenters. The number of ether oxygens (including phenoxy) is 1. The highest BCUT2D eigenvalue weighted by atomic mass is 79.9. The average Bonchev–Trinajstić information content (AvgIpc) is 2.75. The van der Waals surface area contributed by atoms with E-state index in [0.717, 1.165) is 40.4 Å². The summed E-state index contributed by atoms with van der Waals surface area (Å²) in [7, 11) is 0. The number of nitrogens with zero attached hydrogens (tertiary/aromatic N) is 3. The van der Waals surface area contributed by atoms with Crippen LogP contribution < -0.4 is 5.56 Å². The maximum absolute atomic E-state index is 13.7. The van der Waals surface area contributed by atoms with Crippen LogP contribution in [-0.2, 0) is 10.5 Å². The van der Waals surface area contributed by atoms with Crippen LogP contribution in [0.4, 0.5) is 0 Å². The molecule has 0 N–H and O–H groups in total. The molecule has 164 valence electrons. The number of aromatic nitrogens is 2. The number of aryl methyl sites for hydroxylation is 2. The summed E-state index contributed by atoms with van der Waals surface area (Å²) in [6.45, 7) is 9.41. The SMILES string of the molecule is CCC(N1CCOCC1)n1c(SCc2cc(C)cc(C)c2)nc2ccc(Br)cc2c1=O. The second-order valence-electron chi connectivity index (χ2n) is 8.05. The summed E-state index contributed by atoms with van der Waals surface area (Å²) in [6, 6.07) is 12.3. The lowest BCUT2D eigenvalue weighted by Crippen LogP contribution is -2.44. The number of hydrogen-bond donors (Lipinski definition) is 0. The maximum atomic E-state index is 13.7. The molecule has 1 fully saturated rings. The van der Waals surface area contributed by atoms with E-state index in [1.807, 2.05) is 22.8 Å². The molecule has 2 heterocycles. The number of thioether (sulfide) groups is 1. The van der Waals surface area contributed by atoms with Crippen molar-refractivity contribution in [3.8, 4) is 0 Å². The Hall–Kier alpha value is -1.67. The van der Waals surface area contributed by atoms with E-state index in [-0.39, 0.29) is 11.7 Å². The third-order valence-electron chi connectivity index (χ3n) is 5.61. The van der Waals surface area contributed by atoms with E-state index in [4.69, 9.17) is 9.72 Å². The molecule has 0 amide bonds. The van der Waals surface area contributed by atoms with Gasteiger partial charge in [-0.05, 0) is 44.0 Å². The van der Waals surface area contributed by atoms with Gasteiger partial charge >= 0.3 is 0 Å². The van der Waals surface area contributed by atoms with Crippen molar-refractivity contribution in [2.24, 2.45) is 0 Å². The van der Waals surface area contributed by atoms with Crippen molar-refractivity contribution in [3.05, 3.63) is 67.9 Å². The lowest BCUT2D eigenvalue weighted by Gasteiger charge is -2.35. The summed E-state index contributed by atoms with van der Waals surface area (Å²) in [6.07, 6.45) is 0.798. The zero-order chi connectivity index (χ0) is 22.0. The maximum Gasteiger partial charge on any atom is 0.263 e. The predicted octanol–water partition coefficient (Wildman–Crippen LogP) is 5.31. The molecule has 0 saturated carbocycles. The van der Waals surface area contributed by atoms with E-state index < -0.39 is 0 Å². The van der Waals surface area contributed by atoms with Gasteiger partial charge in [-0.1, -0.05) is 63.9 Å². The van der Waals surface area contributed by atoms with Gasteiger partial charge in [-0.2, -0.15) is 0 Å². The zero-order valence-electron chi connectivity index (χ0n) is 18.2. The molecule has 0 radical (unpaired) electrons. The third-order valence-corrected chi connectivity index (χ3v) is 7.13. The van der Waals surface area contributed by atoms with Gasteiger partial charge in [-0.25, -0.2) is 4.98 Å². The summed E-state index contributed by atoms with van der Waals surface area (Å²) in [5.41, 5.74) is 4.52. The summed E-state index contributed by atoms with van der Waals surface area (Å²) in [4.78, 5) is 21.0. The lowest BCUT2D eigenvalue weighted by molar-refractivity contribution is -0.00637. The van der Waals surface area contributed by atoms with E-state index in [2.05, 4.69) is 59.8 Å². The number of benzene rings is 2. The Morgan fingerprint density at radius 2 is 1.84 bits per heavy atom. The molecular formula is C24H28BrN3O2S. The van der Waals surface area contributed by atoms with Crippen LogP contribution in [0.25, 0.3) is 10.9 Å². The van der Waals surface area contributed by atoms with Gasteiger partial charge in [0.15, 0.2) is 5.16 Å². The van der Waals surface area contributed by atoms with Crippen LogP contribution in [0.15, 0.2) is 50.8 Å². The van der Waals surface area contributed by atoms with Crippen molar-refractivity contribution in [3.63, 3.8) is 0 Å². The fourth-order valence-electron chi connectivity index (χ4n) is 4.30. The van der Waals surface area contributed by atoms with Gasteiger partial charge < -0.3 is 4.74 Å². The van der Waals surface area contributed by atoms with Crippen molar-refractivity contribution < 1.29 is 4.74 Å². The second-order valence-corrected chi connectivity index (χ2v) is 9.91. The van der Waals surface area contributed by atoms with Gasteiger partial charge in [0.25, 0.3) is 5.56 Å². The number of fused-ring (bicyclic) bond motifs is 1. The van der Waals surface area contributed by atoms with Crippen LogP contribution in [0, 0.1) is 13.8 Å². The van der Waals surface area contributed by atoms with E-state index in [9.17, 15) is 4.79 Å².